The maximum Gasteiger partial charge on any atom is 0.272 e. The number of fused-ring (bicyclic) bond motifs is 1. The molecule has 0 fully saturated rings. The Morgan fingerprint density at radius 2 is 2.00 bits per heavy atom. The van der Waals surface area contributed by atoms with Crippen molar-refractivity contribution in [3.63, 3.8) is 0 Å². The Balaban J connectivity index is 2.42. The molecule has 1 heterocycles. The van der Waals surface area contributed by atoms with Gasteiger partial charge < -0.3 is 4.74 Å². The summed E-state index contributed by atoms with van der Waals surface area (Å²) >= 11 is 5.65. The first kappa shape index (κ1) is 11.0. The highest BCUT2D eigenvalue weighted by Gasteiger charge is 2.10. The number of para-hydroxylation sites is 1. The first-order valence-electron chi connectivity index (χ1n) is 4.50. The van der Waals surface area contributed by atoms with Crippen LogP contribution in [0.3, 0.4) is 0 Å². The number of alkyl halides is 2. The second kappa shape index (κ2) is 4.57. The predicted octanol–water partition coefficient (Wildman–Crippen LogP) is 2.93. The van der Waals surface area contributed by atoms with E-state index in [-0.39, 0.29) is 11.2 Å². The summed E-state index contributed by atoms with van der Waals surface area (Å²) in [6.07, 6.45) is -2.55. The minimum atomic E-state index is -2.55. The first-order valence-corrected chi connectivity index (χ1v) is 4.88. The SMILES string of the molecule is FC(F)COc1nc(Cl)nc2ccccc12. The lowest BCUT2D eigenvalue weighted by Crippen LogP contribution is -2.08. The largest absolute Gasteiger partial charge is 0.471 e. The molecule has 16 heavy (non-hydrogen) atoms. The van der Waals surface area contributed by atoms with Gasteiger partial charge in [0.05, 0.1) is 10.9 Å². The van der Waals surface area contributed by atoms with Crippen molar-refractivity contribution in [2.45, 2.75) is 6.43 Å². The number of halogens is 3. The quantitative estimate of drug-likeness (QED) is 0.779. The zero-order valence-corrected chi connectivity index (χ0v) is 8.79. The van der Waals surface area contributed by atoms with Crippen LogP contribution in [0.1, 0.15) is 0 Å². The van der Waals surface area contributed by atoms with Gasteiger partial charge in [0.15, 0.2) is 6.61 Å². The number of nitrogens with zero attached hydrogens (tertiary/aromatic N) is 2. The Bertz CT molecular complexity index is 507. The molecule has 84 valence electrons. The Morgan fingerprint density at radius 1 is 1.25 bits per heavy atom. The smallest absolute Gasteiger partial charge is 0.272 e. The second-order valence-corrected chi connectivity index (χ2v) is 3.36. The lowest BCUT2D eigenvalue weighted by molar-refractivity contribution is 0.0804. The van der Waals surface area contributed by atoms with Crippen LogP contribution < -0.4 is 4.74 Å². The number of rotatable bonds is 3. The molecule has 2 aromatic rings. The monoisotopic (exact) mass is 244 g/mol. The Labute approximate surface area is 95.0 Å². The van der Waals surface area contributed by atoms with E-state index >= 15 is 0 Å². The van der Waals surface area contributed by atoms with Crippen molar-refractivity contribution in [2.24, 2.45) is 0 Å². The van der Waals surface area contributed by atoms with Gasteiger partial charge in [-0.05, 0) is 23.7 Å². The fourth-order valence-corrected chi connectivity index (χ4v) is 1.44. The number of hydrogen-bond acceptors (Lipinski definition) is 3. The highest BCUT2D eigenvalue weighted by Crippen LogP contribution is 2.23. The molecule has 0 spiro atoms. The molecule has 0 atom stereocenters. The summed E-state index contributed by atoms with van der Waals surface area (Å²) in [7, 11) is 0. The lowest BCUT2D eigenvalue weighted by atomic mass is 10.2. The molecule has 1 aromatic heterocycles. The van der Waals surface area contributed by atoms with Crippen LogP contribution >= 0.6 is 11.6 Å². The summed E-state index contributed by atoms with van der Waals surface area (Å²) in [6.45, 7) is -0.711. The van der Waals surface area contributed by atoms with Gasteiger partial charge in [0.2, 0.25) is 11.2 Å². The van der Waals surface area contributed by atoms with Gasteiger partial charge in [-0.1, -0.05) is 12.1 Å². The van der Waals surface area contributed by atoms with Crippen molar-refractivity contribution in [1.82, 2.24) is 9.97 Å². The van der Waals surface area contributed by atoms with Gasteiger partial charge in [0, 0.05) is 0 Å². The third kappa shape index (κ3) is 2.36. The first-order chi connectivity index (χ1) is 7.66. The van der Waals surface area contributed by atoms with E-state index < -0.39 is 13.0 Å². The number of benzene rings is 1. The molecule has 0 aliphatic rings. The minimum Gasteiger partial charge on any atom is -0.471 e. The van der Waals surface area contributed by atoms with Crippen molar-refractivity contribution < 1.29 is 13.5 Å². The molecular formula is C10H7ClF2N2O. The number of ether oxygens (including phenoxy) is 1. The maximum absolute atomic E-state index is 12.0. The summed E-state index contributed by atoms with van der Waals surface area (Å²) in [4.78, 5) is 7.72. The maximum atomic E-state index is 12.0. The molecule has 0 unspecified atom stereocenters. The van der Waals surface area contributed by atoms with Crippen LogP contribution in [0.15, 0.2) is 24.3 Å². The van der Waals surface area contributed by atoms with Gasteiger partial charge in [-0.15, -0.1) is 0 Å². The van der Waals surface area contributed by atoms with E-state index in [9.17, 15) is 8.78 Å². The minimum absolute atomic E-state index is 0.0250. The summed E-state index contributed by atoms with van der Waals surface area (Å²) in [6, 6.07) is 6.90. The van der Waals surface area contributed by atoms with Gasteiger partial charge >= 0.3 is 0 Å². The average Bonchev–Trinajstić information content (AvgIpc) is 2.25. The molecule has 3 nitrogen and oxygen atoms in total. The second-order valence-electron chi connectivity index (χ2n) is 3.02. The lowest BCUT2D eigenvalue weighted by Gasteiger charge is -2.07. The fraction of sp³-hybridized carbons (Fsp3) is 0.200. The van der Waals surface area contributed by atoms with Crippen molar-refractivity contribution in [3.8, 4) is 5.88 Å². The summed E-state index contributed by atoms with van der Waals surface area (Å²) in [5.74, 6) is 0.0795. The van der Waals surface area contributed by atoms with Gasteiger partial charge in [-0.2, -0.15) is 4.98 Å². The van der Waals surface area contributed by atoms with Crippen molar-refractivity contribution >= 4 is 22.5 Å². The molecule has 0 aliphatic carbocycles. The average molecular weight is 245 g/mol. The predicted molar refractivity (Wildman–Crippen MR) is 56.0 cm³/mol. The molecule has 6 heteroatoms. The summed E-state index contributed by atoms with van der Waals surface area (Å²) < 4.78 is 28.9. The molecule has 1 aromatic carbocycles. The van der Waals surface area contributed by atoms with E-state index in [4.69, 9.17) is 16.3 Å². The van der Waals surface area contributed by atoms with Crippen molar-refractivity contribution in [2.75, 3.05) is 6.61 Å². The molecule has 0 saturated carbocycles. The van der Waals surface area contributed by atoms with Gasteiger partial charge in [-0.25, -0.2) is 13.8 Å². The molecule has 0 aliphatic heterocycles. The third-order valence-electron chi connectivity index (χ3n) is 1.89. The molecule has 0 N–H and O–H groups in total. The highest BCUT2D eigenvalue weighted by atomic mass is 35.5. The van der Waals surface area contributed by atoms with Crippen LogP contribution in [-0.2, 0) is 0 Å². The molecule has 0 radical (unpaired) electrons. The molecule has 0 saturated heterocycles. The zero-order chi connectivity index (χ0) is 11.5. The highest BCUT2D eigenvalue weighted by molar-refractivity contribution is 6.28. The number of aromatic nitrogens is 2. The third-order valence-corrected chi connectivity index (χ3v) is 2.06. The van der Waals surface area contributed by atoms with Gasteiger partial charge in [0.1, 0.15) is 0 Å². The molecular weight excluding hydrogens is 238 g/mol. The van der Waals surface area contributed by atoms with Crippen LogP contribution in [-0.4, -0.2) is 23.0 Å². The summed E-state index contributed by atoms with van der Waals surface area (Å²) in [5.41, 5.74) is 0.562. The van der Waals surface area contributed by atoms with E-state index in [1.807, 2.05) is 0 Å². The van der Waals surface area contributed by atoms with Crippen molar-refractivity contribution in [1.29, 1.82) is 0 Å². The van der Waals surface area contributed by atoms with Crippen LogP contribution in [0.4, 0.5) is 8.78 Å². The topological polar surface area (TPSA) is 35.0 Å². The van der Waals surface area contributed by atoms with Crippen molar-refractivity contribution in [3.05, 3.63) is 29.5 Å². The normalized spacial score (nSPS) is 11.0. The van der Waals surface area contributed by atoms with E-state index in [0.29, 0.717) is 10.9 Å². The van der Waals surface area contributed by atoms with E-state index in [0.717, 1.165) is 0 Å². The van der Waals surface area contributed by atoms with E-state index in [2.05, 4.69) is 9.97 Å². The van der Waals surface area contributed by atoms with Crippen LogP contribution in [0.5, 0.6) is 5.88 Å². The van der Waals surface area contributed by atoms with Gasteiger partial charge in [0.25, 0.3) is 6.43 Å². The van der Waals surface area contributed by atoms with Gasteiger partial charge in [-0.3, -0.25) is 0 Å². The van der Waals surface area contributed by atoms with Crippen LogP contribution in [0.25, 0.3) is 10.9 Å². The molecule has 0 bridgehead atoms. The fourth-order valence-electron chi connectivity index (χ4n) is 1.27. The molecule has 2 rings (SSSR count). The zero-order valence-electron chi connectivity index (χ0n) is 8.03. The summed E-state index contributed by atoms with van der Waals surface area (Å²) in [5, 5.41) is 0.538. The molecule has 0 amide bonds. The number of hydrogen-bond donors (Lipinski definition) is 0. The Kier molecular flexibility index (Phi) is 3.14. The van der Waals surface area contributed by atoms with Crippen LogP contribution in [0, 0.1) is 0 Å². The van der Waals surface area contributed by atoms with E-state index in [1.54, 1.807) is 24.3 Å². The van der Waals surface area contributed by atoms with E-state index in [1.165, 1.54) is 0 Å². The standard InChI is InChI=1S/C10H7ClF2N2O/c11-10-14-7-4-2-1-3-6(7)9(15-10)16-5-8(12)13/h1-4,8H,5H2. The Hall–Kier alpha value is -1.49. The van der Waals surface area contributed by atoms with Crippen LogP contribution in [0.2, 0.25) is 5.28 Å². The Morgan fingerprint density at radius 3 is 2.75 bits per heavy atom.